The number of rotatable bonds is 6. The molecule has 1 aromatic rings. The van der Waals surface area contributed by atoms with Crippen LogP contribution in [0, 0.1) is 0 Å². The van der Waals surface area contributed by atoms with E-state index in [-0.39, 0.29) is 6.04 Å². The molecule has 1 atom stereocenters. The average molecular weight is 237 g/mol. The van der Waals surface area contributed by atoms with Crippen LogP contribution in [0.4, 0.5) is 0 Å². The van der Waals surface area contributed by atoms with Gasteiger partial charge in [0.05, 0.1) is 11.0 Å². The smallest absolute Gasteiger partial charge is 0.0901 e. The molecular weight excluding hydrogens is 218 g/mol. The van der Waals surface area contributed by atoms with Gasteiger partial charge in [-0.15, -0.1) is 0 Å². The van der Waals surface area contributed by atoms with Crippen molar-refractivity contribution < 1.29 is 0 Å². The minimum Gasteiger partial charge on any atom is -0.392 e. The quantitative estimate of drug-likeness (QED) is 0.764. The number of nitrogens with zero attached hydrogens (tertiary/aromatic N) is 2. The predicted molar refractivity (Wildman–Crippen MR) is 71.4 cm³/mol. The van der Waals surface area contributed by atoms with Gasteiger partial charge in [-0.1, -0.05) is 25.2 Å². The third-order valence-electron chi connectivity index (χ3n) is 2.69. The van der Waals surface area contributed by atoms with Gasteiger partial charge in [0, 0.05) is 24.9 Å². The Morgan fingerprint density at radius 1 is 1.56 bits per heavy atom. The number of hydrogen-bond donors (Lipinski definition) is 1. The summed E-state index contributed by atoms with van der Waals surface area (Å²) in [5, 5.41) is 0. The van der Waals surface area contributed by atoms with Crippen molar-refractivity contribution in [3.05, 3.63) is 30.1 Å². The highest BCUT2D eigenvalue weighted by molar-refractivity contribution is 7.80. The number of nitrogens with two attached hydrogens (primary N) is 1. The summed E-state index contributed by atoms with van der Waals surface area (Å²) < 4.78 is 0. The third kappa shape index (κ3) is 3.87. The number of hydrogen-bond acceptors (Lipinski definition) is 3. The highest BCUT2D eigenvalue weighted by Crippen LogP contribution is 2.04. The molecule has 0 radical (unpaired) electrons. The Morgan fingerprint density at radius 2 is 2.31 bits per heavy atom. The summed E-state index contributed by atoms with van der Waals surface area (Å²) in [7, 11) is 2.05. The van der Waals surface area contributed by atoms with Crippen molar-refractivity contribution in [2.24, 2.45) is 5.73 Å². The van der Waals surface area contributed by atoms with Gasteiger partial charge >= 0.3 is 0 Å². The standard InChI is InChI=1S/C12H19N3S/c1-3-11(12(13)16)15(2)9-7-10-6-4-5-8-14-10/h4-6,8,11H,3,7,9H2,1-2H3,(H2,13,16). The van der Waals surface area contributed by atoms with Gasteiger partial charge in [-0.3, -0.25) is 9.88 Å². The molecule has 0 spiro atoms. The van der Waals surface area contributed by atoms with E-state index in [0.29, 0.717) is 4.99 Å². The molecular formula is C12H19N3S. The molecule has 0 aliphatic carbocycles. The summed E-state index contributed by atoms with van der Waals surface area (Å²) >= 11 is 5.04. The van der Waals surface area contributed by atoms with E-state index in [1.807, 2.05) is 24.4 Å². The molecule has 0 aliphatic heterocycles. The van der Waals surface area contributed by atoms with Crippen molar-refractivity contribution in [2.45, 2.75) is 25.8 Å². The maximum atomic E-state index is 5.69. The number of aromatic nitrogens is 1. The molecule has 88 valence electrons. The lowest BCUT2D eigenvalue weighted by molar-refractivity contribution is 0.294. The zero-order valence-electron chi connectivity index (χ0n) is 9.89. The van der Waals surface area contributed by atoms with Gasteiger partial charge in [-0.25, -0.2) is 0 Å². The molecule has 1 aromatic heterocycles. The number of likely N-dealkylation sites (N-methyl/N-ethyl adjacent to an activating group) is 1. The summed E-state index contributed by atoms with van der Waals surface area (Å²) in [5.41, 5.74) is 6.80. The van der Waals surface area contributed by atoms with Crippen molar-refractivity contribution in [2.75, 3.05) is 13.6 Å². The molecule has 0 saturated carbocycles. The zero-order chi connectivity index (χ0) is 12.0. The molecule has 0 aromatic carbocycles. The van der Waals surface area contributed by atoms with Crippen LogP contribution in [-0.2, 0) is 6.42 Å². The van der Waals surface area contributed by atoms with Crippen molar-refractivity contribution in [3.63, 3.8) is 0 Å². The summed E-state index contributed by atoms with van der Waals surface area (Å²) in [6.45, 7) is 3.02. The Balaban J connectivity index is 2.46. The van der Waals surface area contributed by atoms with E-state index in [1.54, 1.807) is 0 Å². The minimum absolute atomic E-state index is 0.193. The molecule has 1 rings (SSSR count). The second-order valence-corrected chi connectivity index (χ2v) is 4.35. The number of thiocarbonyl (C=S) groups is 1. The van der Waals surface area contributed by atoms with Gasteiger partial charge in [-0.2, -0.15) is 0 Å². The van der Waals surface area contributed by atoms with Gasteiger partial charge in [0.25, 0.3) is 0 Å². The van der Waals surface area contributed by atoms with Crippen LogP contribution in [-0.4, -0.2) is 34.5 Å². The van der Waals surface area contributed by atoms with Gasteiger partial charge in [0.15, 0.2) is 0 Å². The highest BCUT2D eigenvalue weighted by Gasteiger charge is 2.14. The number of pyridine rings is 1. The van der Waals surface area contributed by atoms with Crippen molar-refractivity contribution in [1.82, 2.24) is 9.88 Å². The molecule has 3 nitrogen and oxygen atoms in total. The molecule has 0 bridgehead atoms. The van der Waals surface area contributed by atoms with Crippen molar-refractivity contribution in [3.8, 4) is 0 Å². The van der Waals surface area contributed by atoms with Crippen molar-refractivity contribution >= 4 is 17.2 Å². The SMILES string of the molecule is CCC(C(N)=S)N(C)CCc1ccccn1. The first kappa shape index (κ1) is 13.1. The van der Waals surface area contributed by atoms with Gasteiger partial charge in [0.2, 0.25) is 0 Å². The maximum Gasteiger partial charge on any atom is 0.0901 e. The topological polar surface area (TPSA) is 42.1 Å². The van der Waals surface area contributed by atoms with Crippen LogP contribution in [0.25, 0.3) is 0 Å². The van der Waals surface area contributed by atoms with Gasteiger partial charge in [0.1, 0.15) is 0 Å². The maximum absolute atomic E-state index is 5.69. The van der Waals surface area contributed by atoms with Crippen molar-refractivity contribution in [1.29, 1.82) is 0 Å². The summed E-state index contributed by atoms with van der Waals surface area (Å²) in [5.74, 6) is 0. The van der Waals surface area contributed by atoms with Crippen LogP contribution >= 0.6 is 12.2 Å². The Morgan fingerprint density at radius 3 is 2.81 bits per heavy atom. The van der Waals surface area contributed by atoms with E-state index in [9.17, 15) is 0 Å². The van der Waals surface area contributed by atoms with Gasteiger partial charge in [-0.05, 0) is 25.6 Å². The normalized spacial score (nSPS) is 12.7. The molecule has 0 amide bonds. The zero-order valence-corrected chi connectivity index (χ0v) is 10.7. The van der Waals surface area contributed by atoms with Crippen LogP contribution < -0.4 is 5.73 Å². The van der Waals surface area contributed by atoms with Crippen LogP contribution in [0.5, 0.6) is 0 Å². The summed E-state index contributed by atoms with van der Waals surface area (Å²) in [6.07, 6.45) is 3.70. The first-order valence-corrected chi connectivity index (χ1v) is 5.95. The molecule has 0 saturated heterocycles. The average Bonchev–Trinajstić information content (AvgIpc) is 2.28. The molecule has 1 unspecified atom stereocenters. The second kappa shape index (κ2) is 6.55. The Hall–Kier alpha value is -1.00. The largest absolute Gasteiger partial charge is 0.392 e. The van der Waals surface area contributed by atoms with Crippen LogP contribution in [0.15, 0.2) is 24.4 Å². The van der Waals surface area contributed by atoms with E-state index in [0.717, 1.165) is 25.1 Å². The molecule has 1 heterocycles. The van der Waals surface area contributed by atoms with E-state index < -0.39 is 0 Å². The van der Waals surface area contributed by atoms with Crippen LogP contribution in [0.1, 0.15) is 19.0 Å². The Labute approximate surface area is 103 Å². The summed E-state index contributed by atoms with van der Waals surface area (Å²) in [4.78, 5) is 7.06. The predicted octanol–water partition coefficient (Wildman–Crippen LogP) is 1.62. The fraction of sp³-hybridized carbons (Fsp3) is 0.500. The van der Waals surface area contributed by atoms with E-state index in [2.05, 4.69) is 23.9 Å². The summed E-state index contributed by atoms with van der Waals surface area (Å²) in [6, 6.07) is 6.17. The fourth-order valence-electron chi connectivity index (χ4n) is 1.72. The molecule has 16 heavy (non-hydrogen) atoms. The lowest BCUT2D eigenvalue weighted by Crippen LogP contribution is -2.42. The monoisotopic (exact) mass is 237 g/mol. The highest BCUT2D eigenvalue weighted by atomic mass is 32.1. The first-order valence-electron chi connectivity index (χ1n) is 5.54. The van der Waals surface area contributed by atoms with Gasteiger partial charge < -0.3 is 5.73 Å². The molecule has 0 aliphatic rings. The minimum atomic E-state index is 0.193. The third-order valence-corrected chi connectivity index (χ3v) is 2.97. The second-order valence-electron chi connectivity index (χ2n) is 3.88. The van der Waals surface area contributed by atoms with E-state index in [1.165, 1.54) is 0 Å². The molecule has 4 heteroatoms. The van der Waals surface area contributed by atoms with Crippen LogP contribution in [0.2, 0.25) is 0 Å². The Bertz CT molecular complexity index is 326. The molecule has 0 fully saturated rings. The van der Waals surface area contributed by atoms with E-state index >= 15 is 0 Å². The Kier molecular flexibility index (Phi) is 5.35. The molecule has 2 N–H and O–H groups in total. The lowest BCUT2D eigenvalue weighted by Gasteiger charge is -2.25. The fourth-order valence-corrected chi connectivity index (χ4v) is 2.07. The lowest BCUT2D eigenvalue weighted by atomic mass is 10.2. The first-order chi connectivity index (χ1) is 7.65. The van der Waals surface area contributed by atoms with Crippen LogP contribution in [0.3, 0.4) is 0 Å². The van der Waals surface area contributed by atoms with E-state index in [4.69, 9.17) is 18.0 Å².